The van der Waals surface area contributed by atoms with Gasteiger partial charge in [-0.05, 0) is 18.9 Å². The molecule has 1 rings (SSSR count). The summed E-state index contributed by atoms with van der Waals surface area (Å²) in [6, 6.07) is 0. The van der Waals surface area contributed by atoms with Crippen LogP contribution in [0.25, 0.3) is 0 Å². The Morgan fingerprint density at radius 3 is 2.71 bits per heavy atom. The number of aromatic nitrogens is 1. The van der Waals surface area contributed by atoms with Crippen molar-refractivity contribution >= 4 is 17.1 Å². The predicted octanol–water partition coefficient (Wildman–Crippen LogP) is 3.00. The molecule has 1 aromatic heterocycles. The zero-order valence-electron chi connectivity index (χ0n) is 8.62. The number of rotatable bonds is 5. The Balaban J connectivity index is 2.54. The van der Waals surface area contributed by atoms with Gasteiger partial charge in [0.25, 0.3) is 0 Å². The number of thiazole rings is 1. The van der Waals surface area contributed by atoms with E-state index in [2.05, 4.69) is 18.8 Å². The lowest BCUT2D eigenvalue weighted by molar-refractivity contribution is -0.114. The van der Waals surface area contributed by atoms with Gasteiger partial charge in [-0.1, -0.05) is 19.4 Å². The maximum atomic E-state index is 11.5. The average Bonchev–Trinajstić information content (AvgIpc) is 2.66. The molecule has 0 bridgehead atoms. The van der Waals surface area contributed by atoms with E-state index in [4.69, 9.17) is 0 Å². The summed E-state index contributed by atoms with van der Waals surface area (Å²) in [5, 5.41) is 2.80. The minimum absolute atomic E-state index is 0.165. The van der Waals surface area contributed by atoms with E-state index in [1.54, 1.807) is 12.3 Å². The van der Waals surface area contributed by atoms with Crippen LogP contribution in [0.3, 0.4) is 0 Å². The van der Waals surface area contributed by atoms with Crippen LogP contribution >= 0.6 is 11.3 Å². The summed E-state index contributed by atoms with van der Waals surface area (Å²) in [6.07, 6.45) is 5.86. The molecule has 0 aromatic carbocycles. The Morgan fingerprint density at radius 1 is 1.50 bits per heavy atom. The van der Waals surface area contributed by atoms with Crippen LogP contribution in [-0.2, 0) is 11.2 Å². The summed E-state index contributed by atoms with van der Waals surface area (Å²) in [5.41, 5.74) is 1.21. The molecular formula is C11H15NOS. The molecule has 1 aromatic rings. The highest BCUT2D eigenvalue weighted by molar-refractivity contribution is 7.09. The number of carbonyl (C=O) groups is 1. The van der Waals surface area contributed by atoms with Crippen LogP contribution in [0, 0.1) is 0 Å². The Hall–Kier alpha value is -0.960. The second-order valence-corrected chi connectivity index (χ2v) is 4.06. The average molecular weight is 209 g/mol. The van der Waals surface area contributed by atoms with Crippen LogP contribution in [0.1, 0.15) is 31.7 Å². The van der Waals surface area contributed by atoms with E-state index in [1.807, 2.05) is 5.38 Å². The molecule has 0 atom stereocenters. The lowest BCUT2D eigenvalue weighted by Gasteiger charge is -1.98. The first-order chi connectivity index (χ1) is 6.76. The van der Waals surface area contributed by atoms with Crippen molar-refractivity contribution < 1.29 is 4.79 Å². The van der Waals surface area contributed by atoms with Gasteiger partial charge in [0.2, 0.25) is 0 Å². The first kappa shape index (κ1) is 11.1. The van der Waals surface area contributed by atoms with E-state index in [1.165, 1.54) is 16.9 Å². The maximum absolute atomic E-state index is 11.5. The van der Waals surface area contributed by atoms with Crippen molar-refractivity contribution in [2.45, 2.75) is 33.1 Å². The van der Waals surface area contributed by atoms with Crippen LogP contribution in [0.2, 0.25) is 0 Å². The van der Waals surface area contributed by atoms with Crippen molar-refractivity contribution in [3.05, 3.63) is 28.2 Å². The molecule has 14 heavy (non-hydrogen) atoms. The van der Waals surface area contributed by atoms with E-state index in [-0.39, 0.29) is 5.78 Å². The third kappa shape index (κ3) is 3.42. The second-order valence-electron chi connectivity index (χ2n) is 3.08. The lowest BCUT2D eigenvalue weighted by Crippen LogP contribution is -1.99. The van der Waals surface area contributed by atoms with Crippen molar-refractivity contribution in [2.75, 3.05) is 0 Å². The fraction of sp³-hybridized carbons (Fsp3) is 0.455. The standard InChI is InChI=1S/C11H15NOS/c1-3-9(4-2)7-10(13)8-11-12-5-6-14-11/h5-7H,3-4,8H2,1-2H3. The Kier molecular flexibility index (Phi) is 4.53. The molecule has 0 saturated carbocycles. The monoisotopic (exact) mass is 209 g/mol. The minimum atomic E-state index is 0.165. The second kappa shape index (κ2) is 5.70. The fourth-order valence-corrected chi connectivity index (χ4v) is 1.85. The van der Waals surface area contributed by atoms with E-state index in [0.29, 0.717) is 6.42 Å². The molecule has 76 valence electrons. The molecule has 0 aliphatic rings. The van der Waals surface area contributed by atoms with Crippen molar-refractivity contribution in [1.82, 2.24) is 4.98 Å². The number of ketones is 1. The Labute approximate surface area is 88.7 Å². The highest BCUT2D eigenvalue weighted by atomic mass is 32.1. The van der Waals surface area contributed by atoms with Crippen molar-refractivity contribution in [3.63, 3.8) is 0 Å². The largest absolute Gasteiger partial charge is 0.294 e. The van der Waals surface area contributed by atoms with Crippen LogP contribution < -0.4 is 0 Å². The third-order valence-corrected chi connectivity index (χ3v) is 2.86. The number of hydrogen-bond acceptors (Lipinski definition) is 3. The first-order valence-electron chi connectivity index (χ1n) is 4.86. The van der Waals surface area contributed by atoms with Gasteiger partial charge in [0.05, 0.1) is 6.42 Å². The van der Waals surface area contributed by atoms with Crippen molar-refractivity contribution in [1.29, 1.82) is 0 Å². The molecule has 3 heteroatoms. The van der Waals surface area contributed by atoms with E-state index < -0.39 is 0 Å². The molecule has 0 aliphatic heterocycles. The van der Waals surface area contributed by atoms with Gasteiger partial charge in [-0.15, -0.1) is 11.3 Å². The molecule has 0 spiro atoms. The lowest BCUT2D eigenvalue weighted by atomic mass is 10.1. The summed E-state index contributed by atoms with van der Waals surface area (Å²) in [7, 11) is 0. The third-order valence-electron chi connectivity index (χ3n) is 2.08. The molecule has 0 unspecified atom stereocenters. The highest BCUT2D eigenvalue weighted by Crippen LogP contribution is 2.09. The van der Waals surface area contributed by atoms with Gasteiger partial charge >= 0.3 is 0 Å². The summed E-state index contributed by atoms with van der Waals surface area (Å²) in [6.45, 7) is 4.15. The summed E-state index contributed by atoms with van der Waals surface area (Å²) in [5.74, 6) is 0.165. The molecule has 2 nitrogen and oxygen atoms in total. The minimum Gasteiger partial charge on any atom is -0.294 e. The molecule has 0 saturated heterocycles. The van der Waals surface area contributed by atoms with E-state index in [9.17, 15) is 4.79 Å². The van der Waals surface area contributed by atoms with Gasteiger partial charge in [0, 0.05) is 11.6 Å². The first-order valence-corrected chi connectivity index (χ1v) is 5.74. The van der Waals surface area contributed by atoms with Gasteiger partial charge < -0.3 is 0 Å². The Bertz CT molecular complexity index is 308. The van der Waals surface area contributed by atoms with Crippen LogP contribution in [-0.4, -0.2) is 10.8 Å². The van der Waals surface area contributed by atoms with Gasteiger partial charge in [-0.25, -0.2) is 4.98 Å². The van der Waals surface area contributed by atoms with Crippen LogP contribution in [0.4, 0.5) is 0 Å². The highest BCUT2D eigenvalue weighted by Gasteiger charge is 2.03. The molecule has 1 heterocycles. The maximum Gasteiger partial charge on any atom is 0.162 e. The van der Waals surface area contributed by atoms with Gasteiger partial charge in [-0.3, -0.25) is 4.79 Å². The number of nitrogens with zero attached hydrogens (tertiary/aromatic N) is 1. The smallest absolute Gasteiger partial charge is 0.162 e. The summed E-state index contributed by atoms with van der Waals surface area (Å²) < 4.78 is 0. The molecule has 0 aliphatic carbocycles. The van der Waals surface area contributed by atoms with Crippen LogP contribution in [0.15, 0.2) is 23.2 Å². The summed E-state index contributed by atoms with van der Waals surface area (Å²) >= 11 is 1.53. The molecule has 0 radical (unpaired) electrons. The quantitative estimate of drug-likeness (QED) is 0.698. The number of allylic oxidation sites excluding steroid dienone is 2. The van der Waals surface area contributed by atoms with E-state index >= 15 is 0 Å². The topological polar surface area (TPSA) is 30.0 Å². The normalized spacial score (nSPS) is 9.86. The zero-order valence-corrected chi connectivity index (χ0v) is 9.43. The van der Waals surface area contributed by atoms with Crippen molar-refractivity contribution in [3.8, 4) is 0 Å². The molecular weight excluding hydrogens is 194 g/mol. The SMILES string of the molecule is CCC(=CC(=O)Cc1nccs1)CC. The van der Waals surface area contributed by atoms with E-state index in [0.717, 1.165) is 17.8 Å². The van der Waals surface area contributed by atoms with Crippen LogP contribution in [0.5, 0.6) is 0 Å². The predicted molar refractivity (Wildman–Crippen MR) is 59.5 cm³/mol. The fourth-order valence-electron chi connectivity index (χ4n) is 1.22. The molecule has 0 fully saturated rings. The van der Waals surface area contributed by atoms with Gasteiger partial charge in [-0.2, -0.15) is 0 Å². The molecule has 0 N–H and O–H groups in total. The van der Waals surface area contributed by atoms with Crippen molar-refractivity contribution in [2.24, 2.45) is 0 Å². The zero-order chi connectivity index (χ0) is 10.4. The Morgan fingerprint density at radius 2 is 2.21 bits per heavy atom. The van der Waals surface area contributed by atoms with Gasteiger partial charge in [0.15, 0.2) is 5.78 Å². The van der Waals surface area contributed by atoms with Gasteiger partial charge in [0.1, 0.15) is 5.01 Å². The molecule has 0 amide bonds. The number of hydrogen-bond donors (Lipinski definition) is 0. The summed E-state index contributed by atoms with van der Waals surface area (Å²) in [4.78, 5) is 15.6. The number of carbonyl (C=O) groups excluding carboxylic acids is 1.